The number of allylic oxidation sites excluding steroid dienone is 8. The third kappa shape index (κ3) is 7.75. The summed E-state index contributed by atoms with van der Waals surface area (Å²) in [7, 11) is 0. The van der Waals surface area contributed by atoms with Crippen molar-refractivity contribution in [3.63, 3.8) is 0 Å². The third-order valence-corrected chi connectivity index (χ3v) is 1.72. The van der Waals surface area contributed by atoms with Gasteiger partial charge < -0.3 is 0 Å². The van der Waals surface area contributed by atoms with E-state index < -0.39 is 0 Å². The lowest BCUT2D eigenvalue weighted by atomic mass is 10.0. The smallest absolute Gasteiger partial charge is 0.0230 e. The molecule has 15 heavy (non-hydrogen) atoms. The van der Waals surface area contributed by atoms with Crippen LogP contribution in [0.5, 0.6) is 0 Å². The van der Waals surface area contributed by atoms with Crippen LogP contribution in [0.4, 0.5) is 0 Å². The van der Waals surface area contributed by atoms with Gasteiger partial charge in [0.25, 0.3) is 0 Å². The number of rotatable bonds is 4. The van der Waals surface area contributed by atoms with Gasteiger partial charge in [-0.2, -0.15) is 0 Å². The molecule has 0 spiro atoms. The predicted molar refractivity (Wildman–Crippen MR) is 73.0 cm³/mol. The van der Waals surface area contributed by atoms with Gasteiger partial charge in [0, 0.05) is 0 Å². The summed E-state index contributed by atoms with van der Waals surface area (Å²) in [5.74, 6) is 0. The summed E-state index contributed by atoms with van der Waals surface area (Å²) >= 11 is 0. The minimum atomic E-state index is 1.05. The van der Waals surface area contributed by atoms with E-state index in [0.717, 1.165) is 11.1 Å². The molecule has 0 atom stereocenters. The van der Waals surface area contributed by atoms with Crippen LogP contribution in [-0.4, -0.2) is 0 Å². The first kappa shape index (κ1) is 16.1. The minimum Gasteiger partial charge on any atom is -0.0985 e. The summed E-state index contributed by atoms with van der Waals surface area (Å²) in [5.41, 5.74) is 3.39. The average Bonchev–Trinajstić information content (AvgIpc) is 2.26. The molecule has 0 heteroatoms. The van der Waals surface area contributed by atoms with Crippen LogP contribution in [0, 0.1) is 0 Å². The Hall–Kier alpha value is -1.30. The van der Waals surface area contributed by atoms with E-state index in [1.807, 2.05) is 52.8 Å². The van der Waals surface area contributed by atoms with Crippen LogP contribution in [0.2, 0.25) is 0 Å². The molecule has 0 aliphatic heterocycles. The Kier molecular flexibility index (Phi) is 11.6. The van der Waals surface area contributed by atoms with Gasteiger partial charge in [-0.1, -0.05) is 63.0 Å². The van der Waals surface area contributed by atoms with Gasteiger partial charge in [-0.15, -0.1) is 0 Å². The molecule has 0 fully saturated rings. The second-order valence-electron chi connectivity index (χ2n) is 2.87. The van der Waals surface area contributed by atoms with E-state index in [1.54, 1.807) is 0 Å². The van der Waals surface area contributed by atoms with E-state index in [9.17, 15) is 0 Å². The van der Waals surface area contributed by atoms with E-state index in [-0.39, 0.29) is 0 Å². The van der Waals surface area contributed by atoms with Crippen LogP contribution >= 0.6 is 0 Å². The van der Waals surface area contributed by atoms with Crippen molar-refractivity contribution in [1.29, 1.82) is 0 Å². The normalized spacial score (nSPS) is 12.1. The van der Waals surface area contributed by atoms with Gasteiger partial charge in [0.2, 0.25) is 0 Å². The Morgan fingerprint density at radius 2 is 1.40 bits per heavy atom. The first-order valence-corrected chi connectivity index (χ1v) is 5.44. The van der Waals surface area contributed by atoms with Crippen LogP contribution < -0.4 is 0 Å². The van der Waals surface area contributed by atoms with Gasteiger partial charge in [0.05, 0.1) is 0 Å². The average molecular weight is 204 g/mol. The molecule has 0 saturated carbocycles. The van der Waals surface area contributed by atoms with Crippen LogP contribution in [0.1, 0.15) is 34.6 Å². The summed E-state index contributed by atoms with van der Waals surface area (Å²) in [6.45, 7) is 17.6. The zero-order valence-electron chi connectivity index (χ0n) is 10.8. The Morgan fingerprint density at radius 1 is 0.933 bits per heavy atom. The largest absolute Gasteiger partial charge is 0.0985 e. The number of hydrogen-bond donors (Lipinski definition) is 0. The van der Waals surface area contributed by atoms with E-state index in [2.05, 4.69) is 25.3 Å². The molecule has 0 radical (unpaired) electrons. The van der Waals surface area contributed by atoms with E-state index in [4.69, 9.17) is 0 Å². The zero-order valence-corrected chi connectivity index (χ0v) is 10.8. The van der Waals surface area contributed by atoms with Gasteiger partial charge in [-0.25, -0.2) is 0 Å². The van der Waals surface area contributed by atoms with E-state index >= 15 is 0 Å². The Morgan fingerprint density at radius 3 is 1.67 bits per heavy atom. The highest BCUT2D eigenvalue weighted by Gasteiger charge is 1.93. The molecule has 0 aliphatic rings. The highest BCUT2D eigenvalue weighted by Crippen LogP contribution is 2.13. The van der Waals surface area contributed by atoms with Crippen molar-refractivity contribution >= 4 is 0 Å². The lowest BCUT2D eigenvalue weighted by Crippen LogP contribution is -1.81. The maximum absolute atomic E-state index is 3.81. The van der Waals surface area contributed by atoms with Gasteiger partial charge in [-0.05, 0) is 31.9 Å². The molecule has 84 valence electrons. The molecule has 0 aromatic carbocycles. The quantitative estimate of drug-likeness (QED) is 0.550. The molecule has 0 aromatic heterocycles. The molecule has 0 N–H and O–H groups in total. The summed E-state index contributed by atoms with van der Waals surface area (Å²) in [4.78, 5) is 0. The molecule has 0 saturated heterocycles. The van der Waals surface area contributed by atoms with Crippen molar-refractivity contribution in [1.82, 2.24) is 0 Å². The molecule has 0 rings (SSSR count). The summed E-state index contributed by atoms with van der Waals surface area (Å²) in [5, 5.41) is 0. The van der Waals surface area contributed by atoms with E-state index in [1.165, 1.54) is 5.57 Å². The summed E-state index contributed by atoms with van der Waals surface area (Å²) < 4.78 is 0. The molecule has 0 aromatic rings. The van der Waals surface area contributed by atoms with Crippen LogP contribution in [0.15, 0.2) is 60.3 Å². The highest BCUT2D eigenvalue weighted by molar-refractivity contribution is 5.46. The Balaban J connectivity index is 0. The third-order valence-electron chi connectivity index (χ3n) is 1.72. The molecule has 0 heterocycles. The van der Waals surface area contributed by atoms with Crippen molar-refractivity contribution in [2.45, 2.75) is 34.6 Å². The summed E-state index contributed by atoms with van der Waals surface area (Å²) in [6.07, 6.45) is 10.0. The van der Waals surface area contributed by atoms with Gasteiger partial charge >= 0.3 is 0 Å². The second kappa shape index (κ2) is 10.8. The van der Waals surface area contributed by atoms with Gasteiger partial charge in [0.15, 0.2) is 0 Å². The fraction of sp³-hybridized carbons (Fsp3) is 0.333. The SMILES string of the molecule is C=CC(=C\C)/C(/C=C\C(=C)C)=C/C.CC. The van der Waals surface area contributed by atoms with Crippen molar-refractivity contribution < 1.29 is 0 Å². The maximum Gasteiger partial charge on any atom is -0.0230 e. The van der Waals surface area contributed by atoms with Crippen LogP contribution in [0.3, 0.4) is 0 Å². The highest BCUT2D eigenvalue weighted by atomic mass is 14.0. The molecular weight excluding hydrogens is 180 g/mol. The minimum absolute atomic E-state index is 1.05. The van der Waals surface area contributed by atoms with Crippen molar-refractivity contribution in [3.8, 4) is 0 Å². The molecule has 0 bridgehead atoms. The fourth-order valence-electron chi connectivity index (χ4n) is 0.994. The fourth-order valence-corrected chi connectivity index (χ4v) is 0.994. The summed E-state index contributed by atoms with van der Waals surface area (Å²) in [6, 6.07) is 0. The topological polar surface area (TPSA) is 0 Å². The molecular formula is C15H24. The molecule has 0 amide bonds. The monoisotopic (exact) mass is 204 g/mol. The Labute approximate surface area is 95.4 Å². The van der Waals surface area contributed by atoms with Crippen LogP contribution in [0.25, 0.3) is 0 Å². The second-order valence-corrected chi connectivity index (χ2v) is 2.87. The first-order chi connectivity index (χ1) is 7.15. The van der Waals surface area contributed by atoms with Crippen molar-refractivity contribution in [2.75, 3.05) is 0 Å². The van der Waals surface area contributed by atoms with Gasteiger partial charge in [-0.3, -0.25) is 0 Å². The lowest BCUT2D eigenvalue weighted by molar-refractivity contribution is 1.45. The van der Waals surface area contributed by atoms with Gasteiger partial charge in [0.1, 0.15) is 0 Å². The molecule has 0 unspecified atom stereocenters. The van der Waals surface area contributed by atoms with Crippen LogP contribution in [-0.2, 0) is 0 Å². The zero-order chi connectivity index (χ0) is 12.3. The predicted octanol–water partition coefficient (Wildman–Crippen LogP) is 5.22. The molecule has 0 nitrogen and oxygen atoms in total. The standard InChI is InChI=1S/C13H18.C2H6/c1-6-12(7-2)13(8-3)10-9-11(4)5;1-2/h6-10H,1,4H2,2-3,5H3;1-2H3/b10-9-,12-7+,13-8+;. The van der Waals surface area contributed by atoms with Crippen molar-refractivity contribution in [3.05, 3.63) is 60.3 Å². The van der Waals surface area contributed by atoms with E-state index in [0.29, 0.717) is 0 Å². The Bertz CT molecular complexity index is 272. The first-order valence-electron chi connectivity index (χ1n) is 5.44. The van der Waals surface area contributed by atoms with Crippen molar-refractivity contribution in [2.24, 2.45) is 0 Å². The maximum atomic E-state index is 3.81. The molecule has 0 aliphatic carbocycles. The lowest BCUT2D eigenvalue weighted by Gasteiger charge is -2.01. The number of hydrogen-bond acceptors (Lipinski definition) is 0.